The van der Waals surface area contributed by atoms with Crippen LogP contribution in [0.1, 0.15) is 77.2 Å². The molecule has 5 aliphatic rings. The number of carbonyl (C=O) groups is 1. The topological polar surface area (TPSA) is 134 Å². The highest BCUT2D eigenvalue weighted by atomic mass is 19.1. The lowest BCUT2D eigenvalue weighted by molar-refractivity contribution is -0.144. The number of hydrogen-bond donors (Lipinski definition) is 2. The van der Waals surface area contributed by atoms with Crippen LogP contribution in [0.5, 0.6) is 17.6 Å². The minimum absolute atomic E-state index is 0.0135. The van der Waals surface area contributed by atoms with Gasteiger partial charge in [-0.2, -0.15) is 9.97 Å². The number of rotatable bonds is 7. The average molecular weight is 811 g/mol. The van der Waals surface area contributed by atoms with E-state index in [2.05, 4.69) is 15.8 Å². The van der Waals surface area contributed by atoms with E-state index in [1.807, 2.05) is 9.80 Å². The smallest absolute Gasteiger partial charge is 0.319 e. The summed E-state index contributed by atoms with van der Waals surface area (Å²) in [5, 5.41) is 22.8. The first-order valence-corrected chi connectivity index (χ1v) is 20.9. The Morgan fingerprint density at radius 2 is 1.81 bits per heavy atom. The van der Waals surface area contributed by atoms with Gasteiger partial charge in [-0.1, -0.05) is 18.4 Å². The van der Waals surface area contributed by atoms with Crippen molar-refractivity contribution in [2.75, 3.05) is 64.6 Å². The summed E-state index contributed by atoms with van der Waals surface area (Å²) in [6.07, 6.45) is 15.5. The van der Waals surface area contributed by atoms with E-state index in [-0.39, 0.29) is 93.1 Å². The van der Waals surface area contributed by atoms with E-state index in [1.54, 1.807) is 13.8 Å². The molecular weight excluding hydrogens is 759 g/mol. The van der Waals surface area contributed by atoms with Gasteiger partial charge in [0.1, 0.15) is 39.6 Å². The number of phenols is 1. The minimum atomic E-state index is -1.25. The molecule has 2 aliphatic carbocycles. The molecule has 14 heteroatoms. The molecule has 5 fully saturated rings. The lowest BCUT2D eigenvalue weighted by Crippen LogP contribution is -2.61. The molecule has 9 rings (SSSR count). The third-order valence-corrected chi connectivity index (χ3v) is 13.9. The molecule has 59 heavy (non-hydrogen) atoms. The van der Waals surface area contributed by atoms with Crippen molar-refractivity contribution in [2.24, 2.45) is 10.8 Å². The van der Waals surface area contributed by atoms with Crippen LogP contribution >= 0.6 is 0 Å². The lowest BCUT2D eigenvalue weighted by Gasteiger charge is -2.56. The van der Waals surface area contributed by atoms with Crippen molar-refractivity contribution in [3.8, 4) is 41.2 Å². The van der Waals surface area contributed by atoms with Gasteiger partial charge in [0.05, 0.1) is 39.0 Å². The molecule has 0 radical (unpaired) electrons. The summed E-state index contributed by atoms with van der Waals surface area (Å²) >= 11 is 0. The van der Waals surface area contributed by atoms with Gasteiger partial charge in [-0.05, 0) is 88.4 Å². The van der Waals surface area contributed by atoms with E-state index in [9.17, 15) is 15.0 Å². The Labute approximate surface area is 342 Å². The second-order valence-corrected chi connectivity index (χ2v) is 18.0. The van der Waals surface area contributed by atoms with Crippen LogP contribution in [0, 0.1) is 34.8 Å². The van der Waals surface area contributed by atoms with Gasteiger partial charge in [-0.15, -0.1) is 6.42 Å². The van der Waals surface area contributed by atoms with E-state index in [1.165, 1.54) is 31.4 Å². The summed E-state index contributed by atoms with van der Waals surface area (Å²) < 4.78 is 50.8. The van der Waals surface area contributed by atoms with Gasteiger partial charge in [0.15, 0.2) is 5.82 Å². The fraction of sp³-hybridized carbons (Fsp3) is 0.556. The fourth-order valence-corrected chi connectivity index (χ4v) is 11.1. The van der Waals surface area contributed by atoms with E-state index < -0.39 is 17.2 Å². The third kappa shape index (κ3) is 6.98. The molecule has 4 aromatic rings. The number of likely N-dealkylation sites (tertiary alicyclic amines) is 2. The number of methoxy groups -OCH3 is 1. The maximum Gasteiger partial charge on any atom is 0.319 e. The number of aliphatic hydroxyl groups is 1. The average Bonchev–Trinajstić information content (AvgIpc) is 3.56. The highest BCUT2D eigenvalue weighted by Gasteiger charge is 2.52. The van der Waals surface area contributed by atoms with Crippen LogP contribution in [-0.4, -0.2) is 118 Å². The van der Waals surface area contributed by atoms with Gasteiger partial charge in [0.2, 0.25) is 11.8 Å². The molecule has 3 aliphatic heterocycles. The predicted molar refractivity (Wildman–Crippen MR) is 218 cm³/mol. The molecule has 2 saturated carbocycles. The number of hydrogen-bond acceptors (Lipinski definition) is 11. The number of carbonyl (C=O) groups excluding carboxylic acids is 1. The second kappa shape index (κ2) is 15.0. The van der Waals surface area contributed by atoms with E-state index in [4.69, 9.17) is 30.6 Å². The van der Waals surface area contributed by atoms with Crippen molar-refractivity contribution >= 4 is 33.4 Å². The molecule has 3 saturated heterocycles. The first kappa shape index (κ1) is 39.6. The first-order valence-electron chi connectivity index (χ1n) is 20.9. The van der Waals surface area contributed by atoms with Gasteiger partial charge in [0, 0.05) is 60.4 Å². The molecule has 3 atom stereocenters. The monoisotopic (exact) mass is 810 g/mol. The zero-order chi connectivity index (χ0) is 41.3. The fourth-order valence-electron chi connectivity index (χ4n) is 11.1. The Hall–Kier alpha value is -4.84. The van der Waals surface area contributed by atoms with Gasteiger partial charge < -0.3 is 34.2 Å². The molecule has 12 nitrogen and oxygen atoms in total. The largest absolute Gasteiger partial charge is 0.508 e. The zero-order valence-corrected chi connectivity index (χ0v) is 34.0. The normalized spacial score (nSPS) is 26.1. The van der Waals surface area contributed by atoms with Crippen LogP contribution < -0.4 is 14.4 Å². The standard InChI is InChI=1S/C45H52F2N6O6/c1-5-31-33(46)10-9-28-20-30(55)21-32(35(28)31)38-37(47)39-36(41(48-38)57-4)40(51-18-19-58-25-43(3,56)22-51)50-42(49-39)59-26-45-13-6-8-34(45)53(17-7-14-45)29-11-15-44(16-12-29)23-52(24-44)27(2)54/h1,9-10,20-21,29,34,55-56H,6-8,11-19,22-26H2,2-4H3. The summed E-state index contributed by atoms with van der Waals surface area (Å²) in [6.45, 7) is 7.31. The summed E-state index contributed by atoms with van der Waals surface area (Å²) in [5.74, 6) is 1.08. The molecule has 3 unspecified atom stereocenters. The maximum absolute atomic E-state index is 17.4. The molecule has 0 bridgehead atoms. The number of ether oxygens (including phenoxy) is 3. The van der Waals surface area contributed by atoms with Crippen molar-refractivity contribution in [3.63, 3.8) is 0 Å². The van der Waals surface area contributed by atoms with Crippen LogP contribution in [0.2, 0.25) is 0 Å². The number of fused-ring (bicyclic) bond motifs is 3. The van der Waals surface area contributed by atoms with Crippen LogP contribution in [0.15, 0.2) is 24.3 Å². The number of aromatic hydroxyl groups is 1. The molecule has 312 valence electrons. The second-order valence-electron chi connectivity index (χ2n) is 18.0. The van der Waals surface area contributed by atoms with Crippen LogP contribution in [0.4, 0.5) is 14.6 Å². The Morgan fingerprint density at radius 1 is 1.03 bits per heavy atom. The zero-order valence-electron chi connectivity index (χ0n) is 34.0. The Balaban J connectivity index is 1.09. The summed E-state index contributed by atoms with van der Waals surface area (Å²) in [4.78, 5) is 32.7. The molecule has 2 aromatic heterocycles. The van der Waals surface area contributed by atoms with Crippen molar-refractivity contribution < 1.29 is 38.0 Å². The molecule has 1 amide bonds. The van der Waals surface area contributed by atoms with E-state index in [0.717, 1.165) is 77.4 Å². The van der Waals surface area contributed by atoms with Gasteiger partial charge >= 0.3 is 6.01 Å². The Morgan fingerprint density at radius 3 is 2.56 bits per heavy atom. The summed E-state index contributed by atoms with van der Waals surface area (Å²) in [7, 11) is 1.40. The Bertz CT molecular complexity index is 2350. The van der Waals surface area contributed by atoms with Crippen LogP contribution in [0.25, 0.3) is 32.9 Å². The minimum Gasteiger partial charge on any atom is -0.508 e. The maximum atomic E-state index is 17.4. The van der Waals surface area contributed by atoms with E-state index >= 15 is 8.78 Å². The van der Waals surface area contributed by atoms with Crippen molar-refractivity contribution in [1.29, 1.82) is 0 Å². The molecule has 1 spiro atoms. The SMILES string of the molecule is C#Cc1c(F)ccc2cc(O)cc(-c3nc(OC)c4c(N5CCOCC(C)(O)C5)nc(OCC56CCCC5N(C5CCC7(CC5)CN(C(C)=O)C7)CCC6)nc4c3F)c12. The third-order valence-electron chi connectivity index (χ3n) is 13.9. The van der Waals surface area contributed by atoms with Crippen LogP contribution in [-0.2, 0) is 9.53 Å². The number of amides is 1. The molecule has 2 N–H and O–H groups in total. The highest BCUT2D eigenvalue weighted by Crippen LogP contribution is 2.52. The number of terminal acetylenes is 1. The Kier molecular flexibility index (Phi) is 10.1. The van der Waals surface area contributed by atoms with E-state index in [0.29, 0.717) is 30.6 Å². The number of phenolic OH excluding ortho intramolecular Hbond substituents is 1. The van der Waals surface area contributed by atoms with Gasteiger partial charge in [-0.25, -0.2) is 13.8 Å². The number of nitrogens with zero attached hydrogens (tertiary/aromatic N) is 6. The number of anilines is 1. The van der Waals surface area contributed by atoms with Crippen molar-refractivity contribution in [2.45, 2.75) is 89.3 Å². The lowest BCUT2D eigenvalue weighted by atomic mass is 9.66. The van der Waals surface area contributed by atoms with Crippen molar-refractivity contribution in [1.82, 2.24) is 24.8 Å². The number of aromatic nitrogens is 3. The predicted octanol–water partition coefficient (Wildman–Crippen LogP) is 6.21. The number of pyridine rings is 1. The van der Waals surface area contributed by atoms with Crippen LogP contribution in [0.3, 0.4) is 0 Å². The number of halogens is 2. The quantitative estimate of drug-likeness (QED) is 0.207. The molecule has 2 aromatic carbocycles. The molecular formula is C45H52F2N6O6. The summed E-state index contributed by atoms with van der Waals surface area (Å²) in [6, 6.07) is 6.20. The number of β-amino-alcohol motifs (C(OH)–C–C–N with tert-alkyl or cyclic N) is 1. The highest BCUT2D eigenvalue weighted by molar-refractivity contribution is 6.04. The van der Waals surface area contributed by atoms with Gasteiger partial charge in [0.25, 0.3) is 0 Å². The van der Waals surface area contributed by atoms with Crippen molar-refractivity contribution in [3.05, 3.63) is 41.5 Å². The van der Waals surface area contributed by atoms with Gasteiger partial charge in [-0.3, -0.25) is 9.69 Å². The molecule has 5 heterocycles. The number of piperidine rings is 1. The first-order chi connectivity index (χ1) is 28.3. The number of benzene rings is 2. The summed E-state index contributed by atoms with van der Waals surface area (Å²) in [5.41, 5.74) is -1.54.